The van der Waals surface area contributed by atoms with E-state index in [9.17, 15) is 18.3 Å². The van der Waals surface area contributed by atoms with Crippen LogP contribution < -0.4 is 15.2 Å². The van der Waals surface area contributed by atoms with Crippen LogP contribution in [0.5, 0.6) is 17.2 Å². The van der Waals surface area contributed by atoms with Crippen molar-refractivity contribution in [2.75, 3.05) is 20.1 Å². The third kappa shape index (κ3) is 4.29. The largest absolute Gasteiger partial charge is 0.573 e. The third-order valence-electron chi connectivity index (χ3n) is 5.58. The zero-order valence-corrected chi connectivity index (χ0v) is 17.3. The maximum atomic E-state index is 12.5. The first-order valence-electron chi connectivity index (χ1n) is 9.99. The Morgan fingerprint density at radius 1 is 0.812 bits per heavy atom. The molecular weight excluding hydrogens is 421 g/mol. The summed E-state index contributed by atoms with van der Waals surface area (Å²) in [5.74, 6) is 0.881. The van der Waals surface area contributed by atoms with Crippen LogP contribution in [0.3, 0.4) is 0 Å². The molecule has 0 aliphatic carbocycles. The number of halogens is 3. The van der Waals surface area contributed by atoms with Crippen molar-refractivity contribution in [3.63, 3.8) is 0 Å². The van der Waals surface area contributed by atoms with Crippen molar-refractivity contribution in [2.45, 2.75) is 17.5 Å². The Morgan fingerprint density at radius 3 is 1.75 bits per heavy atom. The molecule has 32 heavy (non-hydrogen) atoms. The minimum atomic E-state index is -4.79. The van der Waals surface area contributed by atoms with Crippen LogP contribution in [0, 0.1) is 0 Å². The van der Waals surface area contributed by atoms with Crippen LogP contribution in [-0.4, -0.2) is 42.0 Å². The second kappa shape index (κ2) is 8.12. The fourth-order valence-corrected chi connectivity index (χ4v) is 4.17. The lowest BCUT2D eigenvalue weighted by atomic mass is 9.67. The first-order chi connectivity index (χ1) is 15.1. The van der Waals surface area contributed by atoms with Crippen molar-refractivity contribution in [1.29, 1.82) is 0 Å². The lowest BCUT2D eigenvalue weighted by molar-refractivity contribution is -0.274. The van der Waals surface area contributed by atoms with Crippen LogP contribution in [0.15, 0.2) is 78.9 Å². The van der Waals surface area contributed by atoms with Gasteiger partial charge in [0.05, 0.1) is 5.54 Å². The molecule has 0 bridgehead atoms. The molecule has 0 amide bonds. The van der Waals surface area contributed by atoms with Crippen molar-refractivity contribution in [2.24, 2.45) is 5.73 Å². The fourth-order valence-electron chi connectivity index (χ4n) is 4.17. The standard InChI is InChI=1S/C24H23F3N2O3/c1-29-15-22(28,16-29)23(30,18-9-13-21(14-10-18)32-24(25,26)27)17-7-11-20(12-8-17)31-19-5-3-2-4-6-19/h2-14,30H,15-16,28H2,1H3/t23-/m0/s1. The van der Waals surface area contributed by atoms with Crippen LogP contribution in [0.2, 0.25) is 0 Å². The molecule has 1 aliphatic heterocycles. The summed E-state index contributed by atoms with van der Waals surface area (Å²) < 4.78 is 47.3. The van der Waals surface area contributed by atoms with Crippen LogP contribution in [0.1, 0.15) is 11.1 Å². The Bertz CT molecular complexity index is 1050. The van der Waals surface area contributed by atoms with Crippen molar-refractivity contribution < 1.29 is 27.8 Å². The van der Waals surface area contributed by atoms with Crippen molar-refractivity contribution in [3.05, 3.63) is 90.0 Å². The Balaban J connectivity index is 1.66. The zero-order valence-electron chi connectivity index (χ0n) is 17.3. The molecular formula is C24H23F3N2O3. The van der Waals surface area contributed by atoms with Crippen LogP contribution in [0.25, 0.3) is 0 Å². The SMILES string of the molecule is CN1CC(N)([C@](O)(c2ccc(Oc3ccccc3)cc2)c2ccc(OC(F)(F)F)cc2)C1. The minimum Gasteiger partial charge on any atom is -0.457 e. The molecule has 168 valence electrons. The van der Waals surface area contributed by atoms with E-state index in [2.05, 4.69) is 4.74 Å². The molecule has 0 unspecified atom stereocenters. The van der Waals surface area contributed by atoms with Gasteiger partial charge in [-0.3, -0.25) is 0 Å². The number of likely N-dealkylation sites (N-methyl/N-ethyl adjacent to an activating group) is 1. The monoisotopic (exact) mass is 444 g/mol. The van der Waals surface area contributed by atoms with Gasteiger partial charge in [0.25, 0.3) is 0 Å². The van der Waals surface area contributed by atoms with Gasteiger partial charge in [-0.1, -0.05) is 42.5 Å². The number of nitrogens with two attached hydrogens (primary N) is 1. The van der Waals surface area contributed by atoms with E-state index in [1.54, 1.807) is 24.3 Å². The molecule has 5 nitrogen and oxygen atoms in total. The van der Waals surface area contributed by atoms with Crippen LogP contribution >= 0.6 is 0 Å². The Hall–Kier alpha value is -3.07. The van der Waals surface area contributed by atoms with Gasteiger partial charge in [0, 0.05) is 13.1 Å². The van der Waals surface area contributed by atoms with Crippen LogP contribution in [0.4, 0.5) is 13.2 Å². The lowest BCUT2D eigenvalue weighted by Gasteiger charge is -2.55. The number of para-hydroxylation sites is 1. The molecule has 0 saturated carbocycles. The molecule has 3 aromatic rings. The molecule has 3 aromatic carbocycles. The van der Waals surface area contributed by atoms with Crippen molar-refractivity contribution in [3.8, 4) is 17.2 Å². The Labute approximate surface area is 183 Å². The van der Waals surface area contributed by atoms with E-state index in [-0.39, 0.29) is 5.75 Å². The highest BCUT2D eigenvalue weighted by Gasteiger charge is 2.56. The average Bonchev–Trinajstić information content (AvgIpc) is 2.73. The topological polar surface area (TPSA) is 68.0 Å². The van der Waals surface area contributed by atoms with Gasteiger partial charge in [-0.05, 0) is 54.6 Å². The summed E-state index contributed by atoms with van der Waals surface area (Å²) in [6.07, 6.45) is -4.79. The number of hydrogen-bond acceptors (Lipinski definition) is 5. The highest BCUT2D eigenvalue weighted by Crippen LogP contribution is 2.43. The van der Waals surface area contributed by atoms with Gasteiger partial charge in [0.2, 0.25) is 0 Å². The Kier molecular flexibility index (Phi) is 5.62. The minimum absolute atomic E-state index is 0.369. The highest BCUT2D eigenvalue weighted by molar-refractivity contribution is 5.46. The normalized spacial score (nSPS) is 17.8. The molecule has 1 saturated heterocycles. The summed E-state index contributed by atoms with van der Waals surface area (Å²) in [4.78, 5) is 1.96. The summed E-state index contributed by atoms with van der Waals surface area (Å²) in [6.45, 7) is 0.819. The zero-order chi connectivity index (χ0) is 23.0. The molecule has 3 N–H and O–H groups in total. The van der Waals surface area contributed by atoms with Gasteiger partial charge in [-0.2, -0.15) is 0 Å². The van der Waals surface area contributed by atoms with E-state index in [1.165, 1.54) is 24.3 Å². The third-order valence-corrected chi connectivity index (χ3v) is 5.58. The fraction of sp³-hybridized carbons (Fsp3) is 0.250. The summed E-state index contributed by atoms with van der Waals surface area (Å²) in [5, 5.41) is 11.9. The van der Waals surface area contributed by atoms with E-state index in [4.69, 9.17) is 10.5 Å². The molecule has 1 atom stereocenters. The van der Waals surface area contributed by atoms with Crippen molar-refractivity contribution in [1.82, 2.24) is 4.90 Å². The number of alkyl halides is 3. The van der Waals surface area contributed by atoms with E-state index in [0.29, 0.717) is 35.7 Å². The number of ether oxygens (including phenoxy) is 2. The second-order valence-corrected chi connectivity index (χ2v) is 8.05. The predicted octanol–water partition coefficient (Wildman–Crippen LogP) is 4.26. The van der Waals surface area contributed by atoms with E-state index >= 15 is 0 Å². The number of hydrogen-bond donors (Lipinski definition) is 2. The number of aliphatic hydroxyl groups is 1. The number of likely N-dealkylation sites (tertiary alicyclic amines) is 1. The van der Waals surface area contributed by atoms with Gasteiger partial charge < -0.3 is 25.2 Å². The predicted molar refractivity (Wildman–Crippen MR) is 113 cm³/mol. The summed E-state index contributed by atoms with van der Waals surface area (Å²) >= 11 is 0. The molecule has 0 radical (unpaired) electrons. The highest BCUT2D eigenvalue weighted by atomic mass is 19.4. The van der Waals surface area contributed by atoms with Crippen molar-refractivity contribution >= 4 is 0 Å². The molecule has 4 rings (SSSR count). The van der Waals surface area contributed by atoms with Gasteiger partial charge >= 0.3 is 6.36 Å². The van der Waals surface area contributed by atoms with Gasteiger partial charge in [0.1, 0.15) is 22.8 Å². The number of rotatable bonds is 6. The molecule has 0 spiro atoms. The number of nitrogens with zero attached hydrogens (tertiary/aromatic N) is 1. The number of benzene rings is 3. The molecule has 0 aromatic heterocycles. The lowest BCUT2D eigenvalue weighted by Crippen LogP contribution is -2.75. The first kappa shape index (κ1) is 22.1. The van der Waals surface area contributed by atoms with E-state index in [1.807, 2.05) is 42.3 Å². The summed E-state index contributed by atoms with van der Waals surface area (Å²) in [5.41, 5.74) is 4.82. The maximum Gasteiger partial charge on any atom is 0.573 e. The average molecular weight is 444 g/mol. The van der Waals surface area contributed by atoms with E-state index < -0.39 is 17.5 Å². The Morgan fingerprint density at radius 2 is 1.28 bits per heavy atom. The summed E-state index contributed by atoms with van der Waals surface area (Å²) in [7, 11) is 1.88. The molecule has 1 aliphatic rings. The molecule has 1 heterocycles. The van der Waals surface area contributed by atoms with Gasteiger partial charge in [0.15, 0.2) is 0 Å². The van der Waals surface area contributed by atoms with E-state index in [0.717, 1.165) is 0 Å². The summed E-state index contributed by atoms with van der Waals surface area (Å²) in [6, 6.07) is 21.3. The molecule has 8 heteroatoms. The second-order valence-electron chi connectivity index (χ2n) is 8.05. The maximum absolute atomic E-state index is 12.5. The van der Waals surface area contributed by atoms with Gasteiger partial charge in [-0.25, -0.2) is 0 Å². The molecule has 1 fully saturated rings. The van der Waals surface area contributed by atoms with Gasteiger partial charge in [-0.15, -0.1) is 13.2 Å². The van der Waals surface area contributed by atoms with Crippen LogP contribution in [-0.2, 0) is 5.60 Å². The first-order valence-corrected chi connectivity index (χ1v) is 9.99. The quantitative estimate of drug-likeness (QED) is 0.595. The smallest absolute Gasteiger partial charge is 0.457 e.